The van der Waals surface area contributed by atoms with E-state index < -0.39 is 5.97 Å². The molecule has 4 N–H and O–H groups in total. The Hall–Kier alpha value is -1.75. The van der Waals surface area contributed by atoms with Crippen LogP contribution in [0.1, 0.15) is 36.0 Å². The number of carboxylic acid groups (broad SMARTS) is 1. The Morgan fingerprint density at radius 2 is 2.10 bits per heavy atom. The van der Waals surface area contributed by atoms with E-state index in [4.69, 9.17) is 22.4 Å². The van der Waals surface area contributed by atoms with E-state index in [0.717, 1.165) is 19.3 Å². The zero-order chi connectivity index (χ0) is 14.8. The molecule has 1 aliphatic rings. The van der Waals surface area contributed by atoms with Gasteiger partial charge in [0.15, 0.2) is 0 Å². The minimum absolute atomic E-state index is 0.0933. The Balaban J connectivity index is 1.97. The number of hydrogen-bond acceptors (Lipinski definition) is 3. The summed E-state index contributed by atoms with van der Waals surface area (Å²) >= 11 is 5.80. The number of halogens is 1. The lowest BCUT2D eigenvalue weighted by Gasteiger charge is -2.40. The van der Waals surface area contributed by atoms with Gasteiger partial charge in [0.1, 0.15) is 0 Å². The van der Waals surface area contributed by atoms with Crippen molar-refractivity contribution in [3.05, 3.63) is 28.8 Å². The van der Waals surface area contributed by atoms with Crippen LogP contribution in [0.25, 0.3) is 0 Å². The number of benzene rings is 1. The molecule has 0 aromatic heterocycles. The molecule has 108 valence electrons. The second kappa shape index (κ2) is 5.71. The van der Waals surface area contributed by atoms with Crippen LogP contribution in [0, 0.1) is 5.41 Å². The topological polar surface area (TPSA) is 92.4 Å². The minimum Gasteiger partial charge on any atom is -0.481 e. The van der Waals surface area contributed by atoms with Crippen LogP contribution in [0.4, 0.5) is 5.69 Å². The summed E-state index contributed by atoms with van der Waals surface area (Å²) in [5, 5.41) is 12.1. The molecule has 0 spiro atoms. The van der Waals surface area contributed by atoms with E-state index in [9.17, 15) is 9.59 Å². The Bertz CT molecular complexity index is 541. The van der Waals surface area contributed by atoms with Crippen molar-refractivity contribution in [2.24, 2.45) is 5.41 Å². The van der Waals surface area contributed by atoms with E-state index in [-0.39, 0.29) is 17.7 Å². The average Bonchev–Trinajstić information content (AvgIpc) is 2.35. The van der Waals surface area contributed by atoms with E-state index in [0.29, 0.717) is 22.8 Å². The van der Waals surface area contributed by atoms with Crippen molar-refractivity contribution in [3.63, 3.8) is 0 Å². The van der Waals surface area contributed by atoms with E-state index >= 15 is 0 Å². The summed E-state index contributed by atoms with van der Waals surface area (Å²) < 4.78 is 0. The van der Waals surface area contributed by atoms with Crippen LogP contribution in [0.15, 0.2) is 18.2 Å². The zero-order valence-corrected chi connectivity index (χ0v) is 11.7. The number of nitrogen functional groups attached to an aromatic ring is 1. The number of nitrogens with two attached hydrogens (primary N) is 1. The van der Waals surface area contributed by atoms with Crippen LogP contribution in [0.2, 0.25) is 5.02 Å². The summed E-state index contributed by atoms with van der Waals surface area (Å²) in [5.41, 5.74) is 6.14. The number of carbonyl (C=O) groups is 2. The van der Waals surface area contributed by atoms with Gasteiger partial charge in [-0.05, 0) is 36.5 Å². The molecular formula is C14H17ClN2O3. The Morgan fingerprint density at radius 1 is 1.40 bits per heavy atom. The summed E-state index contributed by atoms with van der Waals surface area (Å²) in [7, 11) is 0. The number of nitrogens with one attached hydrogen (secondary N) is 1. The molecule has 1 fully saturated rings. The highest BCUT2D eigenvalue weighted by molar-refractivity contribution is 6.33. The number of carboxylic acids is 1. The molecule has 1 aromatic carbocycles. The molecule has 1 amide bonds. The van der Waals surface area contributed by atoms with Crippen molar-refractivity contribution in [2.75, 3.05) is 12.3 Å². The predicted octanol–water partition coefficient (Wildman–Crippen LogP) is 2.30. The van der Waals surface area contributed by atoms with Gasteiger partial charge in [0, 0.05) is 12.1 Å². The fourth-order valence-electron chi connectivity index (χ4n) is 2.47. The Labute approximate surface area is 122 Å². The number of carbonyl (C=O) groups excluding carboxylic acids is 1. The third kappa shape index (κ3) is 3.22. The molecule has 0 unspecified atom stereocenters. The first kappa shape index (κ1) is 14.7. The Morgan fingerprint density at radius 3 is 2.60 bits per heavy atom. The monoisotopic (exact) mass is 296 g/mol. The maximum absolute atomic E-state index is 12.0. The highest BCUT2D eigenvalue weighted by atomic mass is 35.5. The third-order valence-corrected chi connectivity index (χ3v) is 4.17. The first-order valence-electron chi connectivity index (χ1n) is 6.47. The highest BCUT2D eigenvalue weighted by Crippen LogP contribution is 2.43. The standard InChI is InChI=1S/C14H17ClN2O3/c15-10-3-2-9(6-11(10)16)13(20)17-8-14(4-1-5-14)7-12(18)19/h2-3,6H,1,4-5,7-8,16H2,(H,17,20)(H,18,19). The fraction of sp³-hybridized carbons (Fsp3) is 0.429. The number of rotatable bonds is 5. The van der Waals surface area contributed by atoms with E-state index in [1.807, 2.05) is 0 Å². The van der Waals surface area contributed by atoms with Crippen molar-refractivity contribution in [1.82, 2.24) is 5.32 Å². The van der Waals surface area contributed by atoms with Gasteiger partial charge >= 0.3 is 5.97 Å². The van der Waals surface area contributed by atoms with Gasteiger partial charge in [-0.3, -0.25) is 9.59 Å². The molecule has 1 aliphatic carbocycles. The maximum atomic E-state index is 12.0. The minimum atomic E-state index is -0.824. The molecule has 1 aromatic rings. The molecule has 0 heterocycles. The lowest BCUT2D eigenvalue weighted by Crippen LogP contribution is -2.43. The molecule has 2 rings (SSSR count). The van der Waals surface area contributed by atoms with Gasteiger partial charge in [0.2, 0.25) is 0 Å². The lowest BCUT2D eigenvalue weighted by atomic mass is 9.66. The maximum Gasteiger partial charge on any atom is 0.303 e. The van der Waals surface area contributed by atoms with Crippen LogP contribution in [-0.2, 0) is 4.79 Å². The summed E-state index contributed by atoms with van der Waals surface area (Å²) in [6, 6.07) is 4.68. The normalized spacial score (nSPS) is 16.2. The molecule has 5 nitrogen and oxygen atoms in total. The largest absolute Gasteiger partial charge is 0.481 e. The van der Waals surface area contributed by atoms with Crippen molar-refractivity contribution >= 4 is 29.2 Å². The van der Waals surface area contributed by atoms with Crippen molar-refractivity contribution < 1.29 is 14.7 Å². The molecule has 0 saturated heterocycles. The van der Waals surface area contributed by atoms with Gasteiger partial charge < -0.3 is 16.2 Å². The second-order valence-electron chi connectivity index (χ2n) is 5.34. The molecular weight excluding hydrogens is 280 g/mol. The van der Waals surface area contributed by atoms with Crippen LogP contribution >= 0.6 is 11.6 Å². The van der Waals surface area contributed by atoms with Gasteiger partial charge in [0.05, 0.1) is 17.1 Å². The van der Waals surface area contributed by atoms with Crippen molar-refractivity contribution in [1.29, 1.82) is 0 Å². The van der Waals surface area contributed by atoms with Crippen LogP contribution in [0.5, 0.6) is 0 Å². The fourth-order valence-corrected chi connectivity index (χ4v) is 2.59. The van der Waals surface area contributed by atoms with E-state index in [2.05, 4.69) is 5.32 Å². The molecule has 0 radical (unpaired) electrons. The second-order valence-corrected chi connectivity index (χ2v) is 5.75. The molecule has 20 heavy (non-hydrogen) atoms. The van der Waals surface area contributed by atoms with E-state index in [1.165, 1.54) is 6.07 Å². The van der Waals surface area contributed by atoms with Gasteiger partial charge in [0.25, 0.3) is 5.91 Å². The number of aliphatic carboxylic acids is 1. The SMILES string of the molecule is Nc1cc(C(=O)NCC2(CC(=O)O)CCC2)ccc1Cl. The van der Waals surface area contributed by atoms with Gasteiger partial charge in [-0.15, -0.1) is 0 Å². The summed E-state index contributed by atoms with van der Waals surface area (Å²) in [4.78, 5) is 22.9. The van der Waals surface area contributed by atoms with Gasteiger partial charge in [-0.1, -0.05) is 18.0 Å². The predicted molar refractivity (Wildman–Crippen MR) is 76.7 cm³/mol. The Kier molecular flexibility index (Phi) is 4.18. The lowest BCUT2D eigenvalue weighted by molar-refractivity contribution is -0.141. The summed E-state index contributed by atoms with van der Waals surface area (Å²) in [6.45, 7) is 0.376. The van der Waals surface area contributed by atoms with Gasteiger partial charge in [-0.25, -0.2) is 0 Å². The number of hydrogen-bond donors (Lipinski definition) is 3. The third-order valence-electron chi connectivity index (χ3n) is 3.82. The molecule has 1 saturated carbocycles. The van der Waals surface area contributed by atoms with Crippen molar-refractivity contribution in [2.45, 2.75) is 25.7 Å². The zero-order valence-electron chi connectivity index (χ0n) is 11.0. The number of anilines is 1. The van der Waals surface area contributed by atoms with E-state index in [1.54, 1.807) is 12.1 Å². The molecule has 0 atom stereocenters. The van der Waals surface area contributed by atoms with Crippen molar-refractivity contribution in [3.8, 4) is 0 Å². The highest BCUT2D eigenvalue weighted by Gasteiger charge is 2.39. The smallest absolute Gasteiger partial charge is 0.303 e. The van der Waals surface area contributed by atoms with Crippen LogP contribution < -0.4 is 11.1 Å². The molecule has 0 aliphatic heterocycles. The first-order chi connectivity index (χ1) is 9.42. The summed E-state index contributed by atoms with van der Waals surface area (Å²) in [5.74, 6) is -1.08. The average molecular weight is 297 g/mol. The first-order valence-corrected chi connectivity index (χ1v) is 6.85. The van der Waals surface area contributed by atoms with Gasteiger partial charge in [-0.2, -0.15) is 0 Å². The molecule has 6 heteroatoms. The quantitative estimate of drug-likeness (QED) is 0.727. The number of amides is 1. The molecule has 0 bridgehead atoms. The summed E-state index contributed by atoms with van der Waals surface area (Å²) in [6.07, 6.45) is 2.78. The van der Waals surface area contributed by atoms with Crippen LogP contribution in [-0.4, -0.2) is 23.5 Å². The van der Waals surface area contributed by atoms with Crippen LogP contribution in [0.3, 0.4) is 0 Å².